The predicted octanol–water partition coefficient (Wildman–Crippen LogP) is 1.64. The van der Waals surface area contributed by atoms with Crippen LogP contribution in [-0.2, 0) is 0 Å². The predicted molar refractivity (Wildman–Crippen MR) is 57.2 cm³/mol. The highest BCUT2D eigenvalue weighted by Crippen LogP contribution is 2.06. The molecule has 0 aliphatic heterocycles. The lowest BCUT2D eigenvalue weighted by atomic mass is 10.2. The van der Waals surface area contributed by atoms with E-state index in [0.717, 1.165) is 4.90 Å². The number of benzene rings is 1. The number of thiol groups is 1. The van der Waals surface area contributed by atoms with Crippen LogP contribution in [0.4, 0.5) is 0 Å². The molecule has 0 atom stereocenters. The van der Waals surface area contributed by atoms with Crippen molar-refractivity contribution in [2.45, 2.75) is 18.2 Å². The molecule has 0 saturated heterocycles. The molecule has 0 unspecified atom stereocenters. The molecule has 0 spiro atoms. The minimum Gasteiger partial charge on any atom is -0.396 e. The zero-order valence-corrected chi connectivity index (χ0v) is 8.67. The Kier molecular flexibility index (Phi) is 7.79. The maximum Gasteiger partial charge on any atom is 0.0452 e. The monoisotopic (exact) mass is 200 g/mol. The Morgan fingerprint density at radius 2 is 1.85 bits per heavy atom. The number of rotatable bonds is 2. The summed E-state index contributed by atoms with van der Waals surface area (Å²) in [7, 11) is 0. The number of hydrogen-bond donors (Lipinski definition) is 3. The molecule has 0 aromatic heterocycles. The Bertz CT molecular complexity index is 207. The molecule has 0 heterocycles. The van der Waals surface area contributed by atoms with Crippen molar-refractivity contribution >= 4 is 12.6 Å². The lowest BCUT2D eigenvalue weighted by Crippen LogP contribution is -1.85. The molecule has 13 heavy (non-hydrogen) atoms. The summed E-state index contributed by atoms with van der Waals surface area (Å²) in [6.07, 6.45) is 0.500. The van der Waals surface area contributed by atoms with Crippen LogP contribution >= 0.6 is 12.6 Å². The van der Waals surface area contributed by atoms with Crippen molar-refractivity contribution in [1.29, 1.82) is 0 Å². The third kappa shape index (κ3) is 7.84. The summed E-state index contributed by atoms with van der Waals surface area (Å²) in [5.74, 6) is 0. The van der Waals surface area contributed by atoms with E-state index < -0.39 is 0 Å². The van der Waals surface area contributed by atoms with Crippen LogP contribution in [0.2, 0.25) is 0 Å². The third-order valence-corrected chi connectivity index (χ3v) is 1.60. The second-order valence-corrected chi connectivity index (χ2v) is 3.16. The van der Waals surface area contributed by atoms with Gasteiger partial charge in [-0.3, -0.25) is 0 Å². The van der Waals surface area contributed by atoms with E-state index in [1.807, 2.05) is 18.2 Å². The number of hydrogen-bond acceptors (Lipinski definition) is 3. The van der Waals surface area contributed by atoms with Gasteiger partial charge in [-0.15, -0.1) is 12.6 Å². The molecule has 0 bridgehead atoms. The summed E-state index contributed by atoms with van der Waals surface area (Å²) in [6.45, 7) is 2.24. The summed E-state index contributed by atoms with van der Waals surface area (Å²) in [4.78, 5) is 1.03. The Labute approximate surface area is 84.6 Å². The summed E-state index contributed by atoms with van der Waals surface area (Å²) < 4.78 is 0. The topological polar surface area (TPSA) is 40.5 Å². The third-order valence-electron chi connectivity index (χ3n) is 1.32. The van der Waals surface area contributed by atoms with Crippen molar-refractivity contribution in [2.75, 3.05) is 13.2 Å². The molecule has 0 aliphatic carbocycles. The van der Waals surface area contributed by atoms with Crippen molar-refractivity contribution in [3.63, 3.8) is 0 Å². The van der Waals surface area contributed by atoms with E-state index in [0.29, 0.717) is 6.42 Å². The Hall–Kier alpha value is -0.510. The van der Waals surface area contributed by atoms with Gasteiger partial charge in [0.05, 0.1) is 0 Å². The highest BCUT2D eigenvalue weighted by atomic mass is 32.1. The summed E-state index contributed by atoms with van der Waals surface area (Å²) in [5.41, 5.74) is 1.26. The summed E-state index contributed by atoms with van der Waals surface area (Å²) in [6, 6.07) is 8.05. The van der Waals surface area contributed by atoms with Gasteiger partial charge in [0.2, 0.25) is 0 Å². The number of aliphatic hydroxyl groups is 2. The van der Waals surface area contributed by atoms with Crippen LogP contribution in [0.1, 0.15) is 12.0 Å². The Morgan fingerprint density at radius 1 is 1.23 bits per heavy atom. The molecule has 0 fully saturated rings. The molecule has 0 aliphatic rings. The van der Waals surface area contributed by atoms with E-state index in [2.05, 4.69) is 25.6 Å². The summed E-state index contributed by atoms with van der Waals surface area (Å²) in [5, 5.41) is 15.8. The van der Waals surface area contributed by atoms with E-state index in [-0.39, 0.29) is 13.2 Å². The molecule has 2 N–H and O–H groups in total. The normalized spacial score (nSPS) is 8.92. The van der Waals surface area contributed by atoms with Crippen LogP contribution in [0.25, 0.3) is 0 Å². The highest BCUT2D eigenvalue weighted by molar-refractivity contribution is 7.80. The molecule has 3 heteroatoms. The van der Waals surface area contributed by atoms with Crippen molar-refractivity contribution in [3.05, 3.63) is 29.8 Å². The van der Waals surface area contributed by atoms with Gasteiger partial charge in [0.25, 0.3) is 0 Å². The van der Waals surface area contributed by atoms with E-state index in [1.165, 1.54) is 5.56 Å². The maximum absolute atomic E-state index is 7.91. The minimum absolute atomic E-state index is 0.0938. The van der Waals surface area contributed by atoms with E-state index in [4.69, 9.17) is 10.2 Å². The molecule has 1 aromatic carbocycles. The maximum atomic E-state index is 7.91. The number of aryl methyl sites for hydroxylation is 1. The molecule has 0 saturated carbocycles. The van der Waals surface area contributed by atoms with E-state index >= 15 is 0 Å². The van der Waals surface area contributed by atoms with Crippen LogP contribution < -0.4 is 0 Å². The van der Waals surface area contributed by atoms with Gasteiger partial charge in [0, 0.05) is 18.1 Å². The first-order chi connectivity index (χ1) is 6.20. The largest absolute Gasteiger partial charge is 0.396 e. The van der Waals surface area contributed by atoms with Crippen molar-refractivity contribution in [1.82, 2.24) is 0 Å². The SMILES string of the molecule is Cc1cccc(S)c1.OCCCO. The fourth-order valence-electron chi connectivity index (χ4n) is 0.699. The summed E-state index contributed by atoms with van der Waals surface area (Å²) >= 11 is 4.15. The van der Waals surface area contributed by atoms with Gasteiger partial charge in [-0.1, -0.05) is 17.7 Å². The second kappa shape index (κ2) is 8.10. The molecular weight excluding hydrogens is 184 g/mol. The van der Waals surface area contributed by atoms with Crippen LogP contribution in [0, 0.1) is 6.92 Å². The zero-order chi connectivity index (χ0) is 10.1. The van der Waals surface area contributed by atoms with Crippen LogP contribution in [0.5, 0.6) is 0 Å². The molecule has 2 nitrogen and oxygen atoms in total. The fraction of sp³-hybridized carbons (Fsp3) is 0.400. The smallest absolute Gasteiger partial charge is 0.0452 e. The molecule has 1 rings (SSSR count). The van der Waals surface area contributed by atoms with E-state index in [1.54, 1.807) is 0 Å². The second-order valence-electron chi connectivity index (χ2n) is 2.64. The van der Waals surface area contributed by atoms with Crippen LogP contribution in [0.3, 0.4) is 0 Å². The minimum atomic E-state index is 0.0938. The van der Waals surface area contributed by atoms with Crippen LogP contribution in [-0.4, -0.2) is 23.4 Å². The fourth-order valence-corrected chi connectivity index (χ4v) is 0.988. The van der Waals surface area contributed by atoms with Crippen molar-refractivity contribution < 1.29 is 10.2 Å². The molecular formula is C10H16O2S. The standard InChI is InChI=1S/C7H8S.C3H8O2/c1-6-3-2-4-7(8)5-6;4-2-1-3-5/h2-5,8H,1H3;4-5H,1-3H2. The highest BCUT2D eigenvalue weighted by Gasteiger charge is 1.81. The Morgan fingerprint density at radius 3 is 2.08 bits per heavy atom. The first kappa shape index (κ1) is 12.5. The first-order valence-electron chi connectivity index (χ1n) is 4.18. The first-order valence-corrected chi connectivity index (χ1v) is 4.62. The average molecular weight is 200 g/mol. The van der Waals surface area contributed by atoms with E-state index in [9.17, 15) is 0 Å². The molecule has 74 valence electrons. The zero-order valence-electron chi connectivity index (χ0n) is 7.77. The molecule has 0 radical (unpaired) electrons. The molecule has 0 amide bonds. The van der Waals surface area contributed by atoms with Gasteiger partial charge >= 0.3 is 0 Å². The number of aliphatic hydroxyl groups excluding tert-OH is 2. The van der Waals surface area contributed by atoms with Gasteiger partial charge < -0.3 is 10.2 Å². The lowest BCUT2D eigenvalue weighted by Gasteiger charge is -1.89. The Balaban J connectivity index is 0.000000252. The quantitative estimate of drug-likeness (QED) is 0.635. The van der Waals surface area contributed by atoms with Crippen molar-refractivity contribution in [2.24, 2.45) is 0 Å². The van der Waals surface area contributed by atoms with Gasteiger partial charge in [0.15, 0.2) is 0 Å². The lowest BCUT2D eigenvalue weighted by molar-refractivity contribution is 0.221. The van der Waals surface area contributed by atoms with Crippen molar-refractivity contribution in [3.8, 4) is 0 Å². The van der Waals surface area contributed by atoms with Gasteiger partial charge in [-0.25, -0.2) is 0 Å². The van der Waals surface area contributed by atoms with Gasteiger partial charge in [-0.2, -0.15) is 0 Å². The molecule has 1 aromatic rings. The van der Waals surface area contributed by atoms with Gasteiger partial charge in [0.1, 0.15) is 0 Å². The van der Waals surface area contributed by atoms with Gasteiger partial charge in [-0.05, 0) is 25.5 Å². The average Bonchev–Trinajstić information content (AvgIpc) is 2.06. The van der Waals surface area contributed by atoms with Crippen LogP contribution in [0.15, 0.2) is 29.2 Å².